The summed E-state index contributed by atoms with van der Waals surface area (Å²) in [6, 6.07) is 59.3. The summed E-state index contributed by atoms with van der Waals surface area (Å²) < 4.78 is 64.1. The molecular weight excluding hydrogens is 1930 g/mol. The number of unbranched alkanes of at least 4 members (excludes halogenated alkanes) is 10. The number of carbonyl (C=O) groups excluding carboxylic acids is 4. The highest BCUT2D eigenvalue weighted by Gasteiger charge is 2.41. The molecule has 21 nitrogen and oxygen atoms in total. The third-order valence-corrected chi connectivity index (χ3v) is 27.1. The average Bonchev–Trinajstić information content (AvgIpc) is 1.58. The molecule has 4 aliphatic heterocycles. The van der Waals surface area contributed by atoms with Gasteiger partial charge in [-0.1, -0.05) is 147 Å². The maximum absolute atomic E-state index is 13.3. The van der Waals surface area contributed by atoms with Gasteiger partial charge in [-0.3, -0.25) is 19.6 Å². The molecule has 9 aromatic carbocycles. The van der Waals surface area contributed by atoms with Gasteiger partial charge >= 0.3 is 24.4 Å². The molecule has 4 aliphatic rings. The number of nitrogens with one attached hydrogen (secondary N) is 4. The molecule has 0 spiro atoms. The molecule has 8 heterocycles. The van der Waals surface area contributed by atoms with Crippen LogP contribution in [0.15, 0.2) is 194 Å². The molecular formula is C109H121Cl8FN8O13. The van der Waals surface area contributed by atoms with Crippen molar-refractivity contribution in [1.29, 1.82) is 0 Å². The molecule has 4 atom stereocenters. The Labute approximate surface area is 852 Å². The number of alkyl halides is 4. The largest absolute Gasteiger partial charge is 0.494 e. The van der Waals surface area contributed by atoms with Crippen molar-refractivity contribution < 1.29 is 66.2 Å². The van der Waals surface area contributed by atoms with E-state index in [0.29, 0.717) is 111 Å². The molecule has 30 heteroatoms. The topological polar surface area (TPSA) is 227 Å². The van der Waals surface area contributed by atoms with Crippen molar-refractivity contribution in [2.75, 3.05) is 110 Å². The molecule has 0 saturated carbocycles. The third kappa shape index (κ3) is 27.5. The van der Waals surface area contributed by atoms with Gasteiger partial charge in [-0.2, -0.15) is 0 Å². The Kier molecular flexibility index (Phi) is 39.4. The van der Waals surface area contributed by atoms with Crippen molar-refractivity contribution in [2.45, 2.75) is 161 Å². The number of H-pyrrole nitrogens is 4. The highest BCUT2D eigenvalue weighted by atomic mass is 35.5. The zero-order valence-corrected chi connectivity index (χ0v) is 84.9. The van der Waals surface area contributed by atoms with Crippen LogP contribution in [0.1, 0.15) is 202 Å². The Morgan fingerprint density at radius 3 is 0.906 bits per heavy atom. The van der Waals surface area contributed by atoms with E-state index < -0.39 is 18.0 Å². The monoisotopic (exact) mass is 2050 g/mol. The normalized spacial score (nSPS) is 15.3. The highest BCUT2D eigenvalue weighted by Crippen LogP contribution is 2.46. The van der Waals surface area contributed by atoms with Gasteiger partial charge in [0.15, 0.2) is 0 Å². The van der Waals surface area contributed by atoms with E-state index in [-0.39, 0.29) is 54.7 Å². The first kappa shape index (κ1) is 104. The number of aromatic amines is 4. The Balaban J connectivity index is 0.000000148. The van der Waals surface area contributed by atoms with Gasteiger partial charge in [0.1, 0.15) is 65.3 Å². The number of benzene rings is 9. The second-order valence-electron chi connectivity index (χ2n) is 35.2. The Hall–Kier alpha value is -10.4. The zero-order valence-electron chi connectivity index (χ0n) is 78.9. The summed E-state index contributed by atoms with van der Waals surface area (Å²) in [4.78, 5) is 73.6. The summed E-state index contributed by atoms with van der Waals surface area (Å²) in [7, 11) is 1.59. The van der Waals surface area contributed by atoms with Gasteiger partial charge in [0, 0.05) is 143 Å². The van der Waals surface area contributed by atoms with Gasteiger partial charge in [0.25, 0.3) is 0 Å². The van der Waals surface area contributed by atoms with Crippen LogP contribution in [-0.4, -0.2) is 174 Å². The van der Waals surface area contributed by atoms with Crippen LogP contribution in [0.25, 0.3) is 43.6 Å². The first-order chi connectivity index (χ1) is 67.7. The van der Waals surface area contributed by atoms with Crippen LogP contribution in [0.3, 0.4) is 0 Å². The highest BCUT2D eigenvalue weighted by molar-refractivity contribution is 6.32. The second-order valence-corrected chi connectivity index (χ2v) is 38.4. The Morgan fingerprint density at radius 1 is 0.338 bits per heavy atom. The summed E-state index contributed by atoms with van der Waals surface area (Å²) in [5.41, 5.74) is 16.6. The number of amides is 4. The fourth-order valence-electron chi connectivity index (χ4n) is 18.3. The predicted octanol–water partition coefficient (Wildman–Crippen LogP) is 29.1. The van der Waals surface area contributed by atoms with Gasteiger partial charge in [0.2, 0.25) is 0 Å². The quantitative estimate of drug-likeness (QED) is 0.0162. The number of halogens is 9. The summed E-state index contributed by atoms with van der Waals surface area (Å²) in [5, 5.41) is 7.14. The minimum absolute atomic E-state index is 0.214. The number of methoxy groups -OCH3 is 1. The molecule has 0 saturated heterocycles. The van der Waals surface area contributed by atoms with E-state index in [0.717, 1.165) is 238 Å². The number of hydrogen-bond acceptors (Lipinski definition) is 13. The van der Waals surface area contributed by atoms with Crippen molar-refractivity contribution in [3.05, 3.63) is 287 Å². The maximum atomic E-state index is 13.3. The summed E-state index contributed by atoms with van der Waals surface area (Å²) in [6.45, 7) is 12.0. The maximum Gasteiger partial charge on any atom is 0.416 e. The van der Waals surface area contributed by atoms with E-state index in [4.69, 9.17) is 135 Å². The van der Waals surface area contributed by atoms with E-state index in [9.17, 15) is 23.6 Å². The van der Waals surface area contributed by atoms with Crippen LogP contribution in [0.4, 0.5) is 23.6 Å². The van der Waals surface area contributed by atoms with Crippen molar-refractivity contribution in [3.63, 3.8) is 0 Å². The van der Waals surface area contributed by atoms with Crippen molar-refractivity contribution in [2.24, 2.45) is 5.92 Å². The van der Waals surface area contributed by atoms with Gasteiger partial charge < -0.3 is 62.6 Å². The zero-order chi connectivity index (χ0) is 97.7. The van der Waals surface area contributed by atoms with E-state index >= 15 is 0 Å². The van der Waals surface area contributed by atoms with Gasteiger partial charge in [-0.15, -0.1) is 46.4 Å². The lowest BCUT2D eigenvalue weighted by Gasteiger charge is -2.35. The predicted molar refractivity (Wildman–Crippen MR) is 556 cm³/mol. The van der Waals surface area contributed by atoms with Crippen LogP contribution < -0.4 is 23.7 Å². The van der Waals surface area contributed by atoms with Crippen LogP contribution in [-0.2, 0) is 44.6 Å². The fourth-order valence-corrected chi connectivity index (χ4v) is 19.7. The summed E-state index contributed by atoms with van der Waals surface area (Å²) in [5.74, 6) is 6.18. The summed E-state index contributed by atoms with van der Waals surface area (Å²) in [6.07, 6.45) is 16.1. The lowest BCUT2D eigenvalue weighted by Crippen LogP contribution is -2.42. The first-order valence-corrected chi connectivity index (χ1v) is 51.8. The molecule has 0 bridgehead atoms. The molecule has 17 rings (SSSR count). The number of ether oxygens (including phenoxy) is 9. The molecule has 0 aliphatic carbocycles. The summed E-state index contributed by atoms with van der Waals surface area (Å²) >= 11 is 48.1. The standard InChI is InChI=1S/C28H25Cl2FN2O3.C28H34Cl2N2O3.C27H32Cl2N2O4.C26H30Cl2N2O3/c29-14-1-2-16-35-21-8-3-18(4-9-21)27-26-23(24-17-19(30)5-12-25(24)32-26)13-15-33(27)28(34)36-22-10-6-20(31)7-11-22;1-19(2)18-35-28(33)32-15-13-23-24-17-21(30)9-12-25(24)31-26(23)27(32)20-7-10-22(11-8-20)34-16-6-4-3-5-14-29;1-33-16-17-35-27(32)31-14-12-22-23-18-20(29)8-11-24(23)30-25(22)26(31)19-6-9-21(10-7-19)34-15-5-3-2-4-13-28;1-2-32-26(31)30-15-13-21-22-17-19(28)9-12-23(22)29-24(21)25(30)18-7-10-20(11-8-18)33-16-6-4-3-5-14-27/h3-12,17,27,32H,1-2,13-16H2;7-12,17,19,27,31H,3-6,13-16,18H2,1-2H3;6-11,18,26,30H,2-5,12-17H2,1H3;7-12,17,25,29H,2-6,13-16H2,1H3. The van der Waals surface area contributed by atoms with Crippen LogP contribution in [0.5, 0.6) is 28.7 Å². The number of carbonyl (C=O) groups is 4. The molecule has 139 heavy (non-hydrogen) atoms. The number of fused-ring (bicyclic) bond motifs is 12. The minimum atomic E-state index is -0.504. The van der Waals surface area contributed by atoms with Gasteiger partial charge in [-0.25, -0.2) is 23.6 Å². The van der Waals surface area contributed by atoms with Crippen LogP contribution in [0.2, 0.25) is 20.1 Å². The molecule has 0 fully saturated rings. The molecule has 4 aromatic heterocycles. The van der Waals surface area contributed by atoms with Crippen molar-refractivity contribution in [3.8, 4) is 28.7 Å². The van der Waals surface area contributed by atoms with Crippen LogP contribution >= 0.6 is 92.8 Å². The molecule has 13 aromatic rings. The number of hydrogen-bond donors (Lipinski definition) is 4. The van der Waals surface area contributed by atoms with Gasteiger partial charge in [-0.05, 0) is 280 Å². The lowest BCUT2D eigenvalue weighted by atomic mass is 9.92. The Bertz CT molecular complexity index is 6160. The molecule has 0 radical (unpaired) electrons. The van der Waals surface area contributed by atoms with E-state index in [1.807, 2.05) is 196 Å². The fraction of sp³-hybridized carbons (Fsp3) is 0.394. The van der Waals surface area contributed by atoms with E-state index in [1.165, 1.54) is 41.0 Å². The SMILES string of the molecule is CC(C)COC(=O)N1CCc2c([nH]c3ccc(Cl)cc23)C1c1ccc(OCCCCCCCl)cc1.CCOC(=O)N1CCc2c([nH]c3ccc(Cl)cc23)C1c1ccc(OCCCCCCCl)cc1.COCCOC(=O)N1CCc2c([nH]c3ccc(Cl)cc23)C1c1ccc(OCCCCCCCl)cc1.O=C(Oc1ccc(F)cc1)N1CCc2c([nH]c3ccc(Cl)cc23)C1c1ccc(OCCCCCl)cc1. The molecule has 738 valence electrons. The minimum Gasteiger partial charge on any atom is -0.494 e. The van der Waals surface area contributed by atoms with Crippen molar-refractivity contribution >= 4 is 161 Å². The lowest BCUT2D eigenvalue weighted by molar-refractivity contribution is 0.0629. The second kappa shape index (κ2) is 52.4. The molecule has 4 N–H and O–H groups in total. The number of rotatable bonds is 37. The van der Waals surface area contributed by atoms with Crippen LogP contribution in [0, 0.1) is 11.7 Å². The number of nitrogens with zero attached hydrogens (tertiary/aromatic N) is 4. The average molecular weight is 2050 g/mol. The molecule has 4 amide bonds. The smallest absolute Gasteiger partial charge is 0.416 e. The Morgan fingerprint density at radius 2 is 0.612 bits per heavy atom. The van der Waals surface area contributed by atoms with Gasteiger partial charge in [0.05, 0.1) is 46.2 Å². The van der Waals surface area contributed by atoms with Crippen molar-refractivity contribution in [1.82, 2.24) is 39.5 Å². The third-order valence-electron chi connectivity index (χ3n) is 25.1. The molecule has 4 unspecified atom stereocenters. The number of aromatic nitrogens is 4. The van der Waals surface area contributed by atoms with E-state index in [1.54, 1.807) is 21.8 Å². The first-order valence-electron chi connectivity index (χ1n) is 48.1. The van der Waals surface area contributed by atoms with E-state index in [2.05, 4.69) is 19.9 Å².